The molecule has 1 nitrogen and oxygen atoms in total. The fraction of sp³-hybridized carbons (Fsp3) is 0.294. The molecule has 0 unspecified atom stereocenters. The summed E-state index contributed by atoms with van der Waals surface area (Å²) in [5, 5.41) is 0. The molecule has 0 N–H and O–H groups in total. The van der Waals surface area contributed by atoms with E-state index >= 15 is 0 Å². The molecule has 0 saturated carbocycles. The molecule has 21 heavy (non-hydrogen) atoms. The molecule has 0 spiro atoms. The van der Waals surface area contributed by atoms with Gasteiger partial charge in [0.1, 0.15) is 12.4 Å². The fourth-order valence-corrected chi connectivity index (χ4v) is 1.95. The summed E-state index contributed by atoms with van der Waals surface area (Å²) < 4.78 is 32.5. The normalized spacial score (nSPS) is 9.95. The van der Waals surface area contributed by atoms with Crippen LogP contribution in [-0.2, 0) is 6.61 Å². The summed E-state index contributed by atoms with van der Waals surface area (Å²) in [5.41, 5.74) is 2.31. The first-order valence-electron chi connectivity index (χ1n) is 6.64. The first kappa shape index (κ1) is 17.2. The first-order valence-corrected chi connectivity index (χ1v) is 6.64. The summed E-state index contributed by atoms with van der Waals surface area (Å²) in [4.78, 5) is 0. The van der Waals surface area contributed by atoms with Crippen LogP contribution in [0.3, 0.4) is 0 Å². The molecule has 112 valence electrons. The third kappa shape index (κ3) is 4.32. The maximum absolute atomic E-state index is 13.9. The summed E-state index contributed by atoms with van der Waals surface area (Å²) in [6, 6.07) is 9.74. The minimum atomic E-state index is -0.366. The number of hydrogen-bond acceptors (Lipinski definition) is 1. The topological polar surface area (TPSA) is 9.23 Å². The minimum absolute atomic E-state index is 0. The smallest absolute Gasteiger partial charge is 0.169 e. The Morgan fingerprint density at radius 1 is 1.00 bits per heavy atom. The Morgan fingerprint density at radius 2 is 1.71 bits per heavy atom. The molecule has 0 aliphatic heterocycles. The molecule has 0 bridgehead atoms. The Balaban J connectivity index is 0.00000220. The van der Waals surface area contributed by atoms with Gasteiger partial charge in [-0.2, -0.15) is 0 Å². The van der Waals surface area contributed by atoms with Gasteiger partial charge >= 0.3 is 0 Å². The molecule has 0 heterocycles. The largest absolute Gasteiger partial charge is 0.486 e. The number of halogens is 2. The summed E-state index contributed by atoms with van der Waals surface area (Å²) >= 11 is 0. The zero-order chi connectivity index (χ0) is 14.7. The van der Waals surface area contributed by atoms with E-state index in [0.29, 0.717) is 5.56 Å². The monoisotopic (exact) mass is 290 g/mol. The molecule has 2 aromatic carbocycles. The molecule has 0 aromatic heterocycles. The van der Waals surface area contributed by atoms with Crippen molar-refractivity contribution in [3.05, 3.63) is 59.2 Å². The van der Waals surface area contributed by atoms with Crippen molar-refractivity contribution in [3.8, 4) is 5.75 Å². The second kappa shape index (κ2) is 7.25. The van der Waals surface area contributed by atoms with E-state index in [1.165, 1.54) is 12.1 Å². The van der Waals surface area contributed by atoms with E-state index in [9.17, 15) is 8.78 Å². The van der Waals surface area contributed by atoms with Crippen molar-refractivity contribution in [2.24, 2.45) is 0 Å². The molecular weight excluding hydrogens is 269 g/mol. The van der Waals surface area contributed by atoms with E-state index < -0.39 is 0 Å². The van der Waals surface area contributed by atoms with Gasteiger partial charge in [-0.25, -0.2) is 8.78 Å². The lowest BCUT2D eigenvalue weighted by atomic mass is 9.49. The van der Waals surface area contributed by atoms with Gasteiger partial charge in [0.2, 0.25) is 0 Å². The molecule has 2 aromatic rings. The van der Waals surface area contributed by atoms with Crippen LogP contribution in [0.5, 0.6) is 5.75 Å². The Bertz CT molecular complexity index is 612. The van der Waals surface area contributed by atoms with Crippen LogP contribution in [0.25, 0.3) is 0 Å². The van der Waals surface area contributed by atoms with Crippen molar-refractivity contribution < 1.29 is 13.5 Å². The van der Waals surface area contributed by atoms with Crippen LogP contribution >= 0.6 is 0 Å². The number of ether oxygens (including phenoxy) is 1. The van der Waals surface area contributed by atoms with Crippen LogP contribution in [0.1, 0.15) is 18.6 Å². The van der Waals surface area contributed by atoms with Gasteiger partial charge in [0.25, 0.3) is 0 Å². The molecule has 0 saturated heterocycles. The van der Waals surface area contributed by atoms with Crippen molar-refractivity contribution >= 4 is 12.2 Å². The van der Waals surface area contributed by atoms with Gasteiger partial charge in [0.05, 0.1) is 0 Å². The molecule has 0 atom stereocenters. The van der Waals surface area contributed by atoms with E-state index in [1.54, 1.807) is 25.1 Å². The van der Waals surface area contributed by atoms with Crippen LogP contribution in [-0.4, -0.2) is 6.71 Å². The third-order valence-corrected chi connectivity index (χ3v) is 3.24. The number of benzene rings is 2. The molecule has 0 amide bonds. The second-order valence-corrected chi connectivity index (χ2v) is 5.22. The van der Waals surface area contributed by atoms with Gasteiger partial charge in [-0.1, -0.05) is 38.7 Å². The van der Waals surface area contributed by atoms with Crippen molar-refractivity contribution in [1.82, 2.24) is 0 Å². The average molecular weight is 290 g/mol. The van der Waals surface area contributed by atoms with Crippen LogP contribution in [0, 0.1) is 18.6 Å². The molecule has 0 aliphatic rings. The molecule has 0 radical (unpaired) electrons. The number of hydrogen-bond donors (Lipinski definition) is 0. The highest BCUT2D eigenvalue weighted by atomic mass is 19.1. The van der Waals surface area contributed by atoms with Crippen molar-refractivity contribution in [3.63, 3.8) is 0 Å². The van der Waals surface area contributed by atoms with E-state index in [2.05, 4.69) is 0 Å². The summed E-state index contributed by atoms with van der Waals surface area (Å²) in [6.07, 6.45) is 0. The molecule has 4 heteroatoms. The molecule has 0 fully saturated rings. The van der Waals surface area contributed by atoms with E-state index in [0.717, 1.165) is 11.0 Å². The van der Waals surface area contributed by atoms with E-state index in [1.807, 2.05) is 19.7 Å². The number of rotatable bonds is 4. The SMILES string of the molecule is C.CB(C)c1ccc(OCc2ccc(F)c(C)c2)c(F)c1. The summed E-state index contributed by atoms with van der Waals surface area (Å²) in [5.74, 6) is -0.396. The molecule has 0 aliphatic carbocycles. The Kier molecular flexibility index (Phi) is 5.95. The van der Waals surface area contributed by atoms with E-state index in [-0.39, 0.29) is 38.1 Å². The lowest BCUT2D eigenvalue weighted by molar-refractivity contribution is 0.290. The maximum Gasteiger partial charge on any atom is 0.169 e. The lowest BCUT2D eigenvalue weighted by Gasteiger charge is -2.10. The van der Waals surface area contributed by atoms with Crippen LogP contribution in [0.15, 0.2) is 36.4 Å². The number of aryl methyl sites for hydroxylation is 1. The zero-order valence-corrected chi connectivity index (χ0v) is 11.9. The van der Waals surface area contributed by atoms with Gasteiger partial charge in [-0.15, -0.1) is 0 Å². The highest BCUT2D eigenvalue weighted by Crippen LogP contribution is 2.18. The van der Waals surface area contributed by atoms with Gasteiger partial charge in [-0.05, 0) is 42.3 Å². The average Bonchev–Trinajstić information content (AvgIpc) is 2.41. The first-order chi connectivity index (χ1) is 9.47. The van der Waals surface area contributed by atoms with Crippen LogP contribution in [0.4, 0.5) is 8.78 Å². The highest BCUT2D eigenvalue weighted by molar-refractivity contribution is 6.70. The molecule has 2 rings (SSSR count). The van der Waals surface area contributed by atoms with E-state index in [4.69, 9.17) is 4.74 Å². The summed E-state index contributed by atoms with van der Waals surface area (Å²) in [6.45, 7) is 6.21. The highest BCUT2D eigenvalue weighted by Gasteiger charge is 2.09. The van der Waals surface area contributed by atoms with Gasteiger partial charge in [0, 0.05) is 0 Å². The Morgan fingerprint density at radius 3 is 2.29 bits per heavy atom. The van der Waals surface area contributed by atoms with Gasteiger partial charge in [-0.3, -0.25) is 0 Å². The molecular formula is C17H21BF2O. The summed E-state index contributed by atoms with van der Waals surface area (Å²) in [7, 11) is 0. The van der Waals surface area contributed by atoms with Gasteiger partial charge in [0.15, 0.2) is 18.3 Å². The second-order valence-electron chi connectivity index (χ2n) is 5.22. The van der Waals surface area contributed by atoms with Crippen molar-refractivity contribution in [2.45, 2.75) is 34.6 Å². The Labute approximate surface area is 126 Å². The van der Waals surface area contributed by atoms with Crippen molar-refractivity contribution in [1.29, 1.82) is 0 Å². The zero-order valence-electron chi connectivity index (χ0n) is 11.9. The predicted molar refractivity (Wildman–Crippen MR) is 85.7 cm³/mol. The maximum atomic E-state index is 13.9. The minimum Gasteiger partial charge on any atom is -0.486 e. The Hall–Kier alpha value is -1.84. The fourth-order valence-electron chi connectivity index (χ4n) is 1.95. The van der Waals surface area contributed by atoms with Crippen LogP contribution < -0.4 is 10.2 Å². The standard InChI is InChI=1S/C16H17BF2O.CH4/c1-11-8-12(4-6-14(11)18)10-20-16-7-5-13(17(2)3)9-15(16)19;/h4-9H,10H2,1-3H3;1H4. The quantitative estimate of drug-likeness (QED) is 0.756. The lowest BCUT2D eigenvalue weighted by Crippen LogP contribution is -2.22. The third-order valence-electron chi connectivity index (χ3n) is 3.24. The van der Waals surface area contributed by atoms with Crippen LogP contribution in [0.2, 0.25) is 13.6 Å². The predicted octanol–water partition coefficient (Wildman–Crippen LogP) is 4.45. The van der Waals surface area contributed by atoms with Crippen molar-refractivity contribution in [2.75, 3.05) is 0 Å². The van der Waals surface area contributed by atoms with Gasteiger partial charge < -0.3 is 4.74 Å².